The summed E-state index contributed by atoms with van der Waals surface area (Å²) in [6.07, 6.45) is 1.01. The third-order valence-electron chi connectivity index (χ3n) is 3.79. The predicted molar refractivity (Wildman–Crippen MR) is 84.6 cm³/mol. The second-order valence-electron chi connectivity index (χ2n) is 5.00. The number of carbonyl (C=O) groups is 1. The van der Waals surface area contributed by atoms with Gasteiger partial charge in [-0.2, -0.15) is 0 Å². The van der Waals surface area contributed by atoms with Gasteiger partial charge >= 0.3 is 4.87 Å². The molecule has 0 saturated heterocycles. The second-order valence-corrected chi connectivity index (χ2v) is 7.40. The highest BCUT2D eigenvalue weighted by Gasteiger charge is 2.38. The fourth-order valence-corrected chi connectivity index (χ4v) is 5.10. The molecule has 21 heavy (non-hydrogen) atoms. The van der Waals surface area contributed by atoms with E-state index in [-0.39, 0.29) is 22.0 Å². The summed E-state index contributed by atoms with van der Waals surface area (Å²) in [6, 6.07) is 7.71. The van der Waals surface area contributed by atoms with Crippen LogP contribution in [-0.4, -0.2) is 23.6 Å². The quantitative estimate of drug-likeness (QED) is 0.883. The van der Waals surface area contributed by atoms with Crippen molar-refractivity contribution in [1.29, 1.82) is 0 Å². The van der Waals surface area contributed by atoms with Crippen LogP contribution in [0.5, 0.6) is 5.75 Å². The highest BCUT2D eigenvalue weighted by atomic mass is 32.2. The average Bonchev–Trinajstić information content (AvgIpc) is 2.85. The molecule has 2 heterocycles. The van der Waals surface area contributed by atoms with Crippen LogP contribution in [0.2, 0.25) is 0 Å². The number of nitrogens with one attached hydrogen (secondary N) is 1. The molecule has 0 spiro atoms. The van der Waals surface area contributed by atoms with Crippen LogP contribution in [0, 0.1) is 5.92 Å². The van der Waals surface area contributed by atoms with Gasteiger partial charge < -0.3 is 14.5 Å². The summed E-state index contributed by atoms with van der Waals surface area (Å²) >= 11 is 2.77. The number of ether oxygens (including phenoxy) is 1. The number of thiazole rings is 1. The van der Waals surface area contributed by atoms with Crippen molar-refractivity contribution < 1.29 is 9.53 Å². The molecule has 0 aliphatic carbocycles. The van der Waals surface area contributed by atoms with Crippen LogP contribution in [0.15, 0.2) is 34.1 Å². The Bertz CT molecular complexity index is 704. The SMILES string of the molecule is COc1ccc([C@@H]2c3sc(=O)[nH]c3S[C@@H](C)[C@@H]2C=O)cc1. The molecule has 1 aromatic carbocycles. The van der Waals surface area contributed by atoms with Crippen molar-refractivity contribution in [3.8, 4) is 5.75 Å². The maximum Gasteiger partial charge on any atom is 0.305 e. The third kappa shape index (κ3) is 2.53. The van der Waals surface area contributed by atoms with Crippen LogP contribution in [0.25, 0.3) is 0 Å². The van der Waals surface area contributed by atoms with Crippen LogP contribution in [0.1, 0.15) is 23.3 Å². The minimum Gasteiger partial charge on any atom is -0.497 e. The van der Waals surface area contributed by atoms with Crippen LogP contribution in [0.4, 0.5) is 0 Å². The van der Waals surface area contributed by atoms with Crippen molar-refractivity contribution in [3.05, 3.63) is 44.4 Å². The minimum absolute atomic E-state index is 0.0650. The molecule has 3 atom stereocenters. The van der Waals surface area contributed by atoms with E-state index in [0.717, 1.165) is 27.5 Å². The predicted octanol–water partition coefficient (Wildman–Crippen LogP) is 2.89. The Labute approximate surface area is 130 Å². The van der Waals surface area contributed by atoms with E-state index in [1.165, 1.54) is 11.3 Å². The number of thioether (sulfide) groups is 1. The highest BCUT2D eigenvalue weighted by molar-refractivity contribution is 8.00. The first-order valence-corrected chi connectivity index (χ1v) is 8.32. The first kappa shape index (κ1) is 14.4. The number of aromatic amines is 1. The Morgan fingerprint density at radius 2 is 2.00 bits per heavy atom. The Morgan fingerprint density at radius 1 is 1.29 bits per heavy atom. The molecule has 0 unspecified atom stereocenters. The van der Waals surface area contributed by atoms with Gasteiger partial charge in [-0.25, -0.2) is 0 Å². The van der Waals surface area contributed by atoms with E-state index >= 15 is 0 Å². The van der Waals surface area contributed by atoms with Crippen molar-refractivity contribution in [2.24, 2.45) is 5.92 Å². The van der Waals surface area contributed by atoms with Gasteiger partial charge in [0.05, 0.1) is 12.1 Å². The Kier molecular flexibility index (Phi) is 3.91. The lowest BCUT2D eigenvalue weighted by atomic mass is 9.83. The van der Waals surface area contributed by atoms with Crippen molar-refractivity contribution in [1.82, 2.24) is 4.98 Å². The average molecular weight is 321 g/mol. The van der Waals surface area contributed by atoms with Crippen LogP contribution in [0.3, 0.4) is 0 Å². The molecule has 2 aromatic rings. The number of hydrogen-bond acceptors (Lipinski definition) is 5. The summed E-state index contributed by atoms with van der Waals surface area (Å²) < 4.78 is 5.18. The molecule has 3 rings (SSSR count). The smallest absolute Gasteiger partial charge is 0.305 e. The fourth-order valence-electron chi connectivity index (χ4n) is 2.70. The number of carbonyl (C=O) groups excluding carboxylic acids is 1. The summed E-state index contributed by atoms with van der Waals surface area (Å²) in [7, 11) is 1.62. The Morgan fingerprint density at radius 3 is 2.62 bits per heavy atom. The summed E-state index contributed by atoms with van der Waals surface area (Å²) in [5, 5.41) is 1.03. The first-order valence-electron chi connectivity index (χ1n) is 6.63. The summed E-state index contributed by atoms with van der Waals surface area (Å²) in [5.74, 6) is 0.577. The molecule has 0 amide bonds. The van der Waals surface area contributed by atoms with Crippen molar-refractivity contribution in [3.63, 3.8) is 0 Å². The molecule has 110 valence electrons. The van der Waals surface area contributed by atoms with Gasteiger partial charge in [-0.15, -0.1) is 11.8 Å². The maximum atomic E-state index is 11.7. The van der Waals surface area contributed by atoms with E-state index in [1.54, 1.807) is 18.9 Å². The molecule has 1 aliphatic rings. The highest BCUT2D eigenvalue weighted by Crippen LogP contribution is 2.48. The van der Waals surface area contributed by atoms with E-state index in [1.807, 2.05) is 31.2 Å². The molecule has 0 fully saturated rings. The fraction of sp³-hybridized carbons (Fsp3) is 0.333. The molecule has 0 saturated carbocycles. The van der Waals surface area contributed by atoms with Crippen molar-refractivity contribution in [2.45, 2.75) is 23.1 Å². The van der Waals surface area contributed by atoms with Gasteiger partial charge in [-0.1, -0.05) is 30.4 Å². The van der Waals surface area contributed by atoms with Gasteiger partial charge in [0.25, 0.3) is 0 Å². The molecular formula is C15H15NO3S2. The number of fused-ring (bicyclic) bond motifs is 1. The number of H-pyrrole nitrogens is 1. The number of aldehydes is 1. The maximum absolute atomic E-state index is 11.7. The zero-order valence-electron chi connectivity index (χ0n) is 11.7. The lowest BCUT2D eigenvalue weighted by Gasteiger charge is -2.32. The molecule has 6 heteroatoms. The molecule has 0 bridgehead atoms. The number of benzene rings is 1. The summed E-state index contributed by atoms with van der Waals surface area (Å²) in [6.45, 7) is 2.03. The zero-order chi connectivity index (χ0) is 15.0. The summed E-state index contributed by atoms with van der Waals surface area (Å²) in [4.78, 5) is 27.0. The second kappa shape index (κ2) is 5.69. The monoisotopic (exact) mass is 321 g/mol. The molecule has 0 radical (unpaired) electrons. The zero-order valence-corrected chi connectivity index (χ0v) is 13.3. The van der Waals surface area contributed by atoms with Gasteiger partial charge in [0, 0.05) is 22.0 Å². The van der Waals surface area contributed by atoms with E-state index < -0.39 is 0 Å². The topological polar surface area (TPSA) is 59.2 Å². The molecule has 4 nitrogen and oxygen atoms in total. The number of rotatable bonds is 3. The Balaban J connectivity index is 2.11. The van der Waals surface area contributed by atoms with Gasteiger partial charge in [0.1, 0.15) is 12.0 Å². The number of hydrogen-bond donors (Lipinski definition) is 1. The van der Waals surface area contributed by atoms with Crippen molar-refractivity contribution >= 4 is 29.4 Å². The summed E-state index contributed by atoms with van der Waals surface area (Å²) in [5.41, 5.74) is 1.04. The standard InChI is InChI=1S/C15H15NO3S2/c1-8-11(7-17)12(9-3-5-10(19-2)6-4-9)13-14(20-8)16-15(18)21-13/h3-8,11-12H,1-2H3,(H,16,18)/t8-,11-,12-/m0/s1. The van der Waals surface area contributed by atoms with Crippen LogP contribution in [-0.2, 0) is 4.79 Å². The van der Waals surface area contributed by atoms with Crippen molar-refractivity contribution in [2.75, 3.05) is 7.11 Å². The number of methoxy groups -OCH3 is 1. The van der Waals surface area contributed by atoms with E-state index in [4.69, 9.17) is 4.74 Å². The van der Waals surface area contributed by atoms with E-state index in [2.05, 4.69) is 4.98 Å². The minimum atomic E-state index is -0.137. The van der Waals surface area contributed by atoms with Crippen LogP contribution >= 0.6 is 23.1 Å². The third-order valence-corrected chi connectivity index (χ3v) is 6.13. The normalized spacial score (nSPS) is 24.4. The lowest BCUT2D eigenvalue weighted by Crippen LogP contribution is -2.28. The molecule has 1 aromatic heterocycles. The van der Waals surface area contributed by atoms with Gasteiger partial charge in [-0.05, 0) is 17.7 Å². The Hall–Kier alpha value is -1.53. The van der Waals surface area contributed by atoms with Crippen LogP contribution < -0.4 is 9.61 Å². The van der Waals surface area contributed by atoms with Gasteiger partial charge in [-0.3, -0.25) is 4.79 Å². The van der Waals surface area contributed by atoms with E-state index in [9.17, 15) is 9.59 Å². The molecule has 1 aliphatic heterocycles. The largest absolute Gasteiger partial charge is 0.497 e. The molecule has 1 N–H and O–H groups in total. The van der Waals surface area contributed by atoms with Gasteiger partial charge in [0.15, 0.2) is 0 Å². The lowest BCUT2D eigenvalue weighted by molar-refractivity contribution is -0.111. The van der Waals surface area contributed by atoms with E-state index in [0.29, 0.717) is 0 Å². The first-order chi connectivity index (χ1) is 10.1. The van der Waals surface area contributed by atoms with Gasteiger partial charge in [0.2, 0.25) is 0 Å². The molecular weight excluding hydrogens is 306 g/mol. The number of aromatic nitrogens is 1.